The van der Waals surface area contributed by atoms with Crippen LogP contribution in [-0.2, 0) is 6.54 Å². The van der Waals surface area contributed by atoms with E-state index in [0.717, 1.165) is 23.6 Å². The second-order valence-electron chi connectivity index (χ2n) is 6.09. The molecule has 0 fully saturated rings. The summed E-state index contributed by atoms with van der Waals surface area (Å²) in [6, 6.07) is 17.0. The molecule has 0 saturated carbocycles. The van der Waals surface area contributed by atoms with Crippen LogP contribution in [0.25, 0.3) is 21.8 Å². The molecule has 2 aromatic carbocycles. The second-order valence-corrected chi connectivity index (χ2v) is 6.09. The van der Waals surface area contributed by atoms with E-state index in [2.05, 4.69) is 69.2 Å². The van der Waals surface area contributed by atoms with Gasteiger partial charge in [-0.25, -0.2) is 9.97 Å². The lowest BCUT2D eigenvalue weighted by Gasteiger charge is -2.08. The third-order valence-electron chi connectivity index (χ3n) is 4.33. The highest BCUT2D eigenvalue weighted by Crippen LogP contribution is 2.31. The third-order valence-corrected chi connectivity index (χ3v) is 4.33. The molecule has 1 N–H and O–H groups in total. The van der Waals surface area contributed by atoms with Crippen LogP contribution in [0.15, 0.2) is 48.5 Å². The molecule has 120 valence electrons. The van der Waals surface area contributed by atoms with Crippen molar-refractivity contribution < 1.29 is 0 Å². The van der Waals surface area contributed by atoms with E-state index in [0.29, 0.717) is 5.95 Å². The van der Waals surface area contributed by atoms with E-state index in [9.17, 15) is 0 Å². The van der Waals surface area contributed by atoms with E-state index in [1.807, 2.05) is 19.9 Å². The molecule has 4 nitrogen and oxygen atoms in total. The Morgan fingerprint density at radius 2 is 1.58 bits per heavy atom. The Labute approximate surface area is 141 Å². The average molecular weight is 316 g/mol. The Hall–Kier alpha value is -2.88. The highest BCUT2D eigenvalue weighted by molar-refractivity contribution is 6.08. The number of nitrogens with one attached hydrogen (secondary N) is 1. The molecule has 0 aliphatic heterocycles. The zero-order valence-electron chi connectivity index (χ0n) is 14.2. The first-order valence-electron chi connectivity index (χ1n) is 8.26. The van der Waals surface area contributed by atoms with Crippen molar-refractivity contribution in [1.82, 2.24) is 14.5 Å². The Morgan fingerprint density at radius 3 is 2.33 bits per heavy atom. The molecule has 4 rings (SSSR count). The number of fused-ring (bicyclic) bond motifs is 3. The van der Waals surface area contributed by atoms with Gasteiger partial charge in [0.1, 0.15) is 0 Å². The number of hydrogen-bond acceptors (Lipinski definition) is 3. The van der Waals surface area contributed by atoms with E-state index in [-0.39, 0.29) is 0 Å². The van der Waals surface area contributed by atoms with Crippen LogP contribution in [0.3, 0.4) is 0 Å². The molecule has 2 aromatic heterocycles. The highest BCUT2D eigenvalue weighted by Gasteiger charge is 2.10. The predicted octanol–water partition coefficient (Wildman–Crippen LogP) is 4.96. The van der Waals surface area contributed by atoms with Crippen molar-refractivity contribution >= 4 is 33.4 Å². The molecule has 24 heavy (non-hydrogen) atoms. The molecule has 0 radical (unpaired) electrons. The largest absolute Gasteiger partial charge is 0.341 e. The number of benzene rings is 2. The minimum atomic E-state index is 0.644. The number of aromatic nitrogens is 3. The van der Waals surface area contributed by atoms with Crippen LogP contribution >= 0.6 is 0 Å². The molecule has 0 atom stereocenters. The molecule has 0 amide bonds. The van der Waals surface area contributed by atoms with Gasteiger partial charge < -0.3 is 9.88 Å². The lowest BCUT2D eigenvalue weighted by molar-refractivity contribution is 0.827. The van der Waals surface area contributed by atoms with E-state index >= 15 is 0 Å². The van der Waals surface area contributed by atoms with Crippen molar-refractivity contribution in [2.45, 2.75) is 27.3 Å². The van der Waals surface area contributed by atoms with Crippen LogP contribution in [0.4, 0.5) is 11.6 Å². The van der Waals surface area contributed by atoms with Gasteiger partial charge in [0.05, 0.1) is 5.52 Å². The summed E-state index contributed by atoms with van der Waals surface area (Å²) in [5.41, 5.74) is 5.44. The van der Waals surface area contributed by atoms with Gasteiger partial charge in [-0.15, -0.1) is 0 Å². The molecule has 0 bridgehead atoms. The minimum Gasteiger partial charge on any atom is -0.341 e. The molecule has 4 heteroatoms. The van der Waals surface area contributed by atoms with Gasteiger partial charge in [-0.05, 0) is 45.0 Å². The first-order chi connectivity index (χ1) is 11.7. The smallest absolute Gasteiger partial charge is 0.227 e. The SMILES string of the molecule is CCn1c2ccccc2c2ccc(Nc3nc(C)cc(C)n3)cc21. The van der Waals surface area contributed by atoms with Crippen LogP contribution < -0.4 is 5.32 Å². The molecular weight excluding hydrogens is 296 g/mol. The van der Waals surface area contributed by atoms with E-state index in [4.69, 9.17) is 0 Å². The maximum absolute atomic E-state index is 4.47. The average Bonchev–Trinajstić information content (AvgIpc) is 2.87. The summed E-state index contributed by atoms with van der Waals surface area (Å²) in [5, 5.41) is 5.91. The van der Waals surface area contributed by atoms with E-state index < -0.39 is 0 Å². The fraction of sp³-hybridized carbons (Fsp3) is 0.200. The van der Waals surface area contributed by atoms with Gasteiger partial charge in [0, 0.05) is 39.9 Å². The first-order valence-corrected chi connectivity index (χ1v) is 8.26. The number of nitrogens with zero attached hydrogens (tertiary/aromatic N) is 3. The topological polar surface area (TPSA) is 42.7 Å². The molecule has 0 saturated heterocycles. The van der Waals surface area contributed by atoms with Crippen molar-refractivity contribution in [2.24, 2.45) is 0 Å². The van der Waals surface area contributed by atoms with Gasteiger partial charge in [-0.1, -0.05) is 24.3 Å². The lowest BCUT2D eigenvalue weighted by Crippen LogP contribution is -2.00. The molecule has 0 spiro atoms. The first kappa shape index (κ1) is 14.7. The summed E-state index contributed by atoms with van der Waals surface area (Å²) < 4.78 is 2.35. The molecule has 2 heterocycles. The van der Waals surface area contributed by atoms with Crippen LogP contribution in [0.1, 0.15) is 18.3 Å². The minimum absolute atomic E-state index is 0.644. The Bertz CT molecular complexity index is 1030. The molecule has 4 aromatic rings. The number of aryl methyl sites for hydroxylation is 3. The Kier molecular flexibility index (Phi) is 3.45. The second kappa shape index (κ2) is 5.64. The summed E-state index contributed by atoms with van der Waals surface area (Å²) in [7, 11) is 0. The van der Waals surface area contributed by atoms with Crippen LogP contribution in [0, 0.1) is 13.8 Å². The zero-order chi connectivity index (χ0) is 16.7. The molecule has 0 aliphatic carbocycles. The van der Waals surface area contributed by atoms with Gasteiger partial charge in [0.2, 0.25) is 5.95 Å². The summed E-state index contributed by atoms with van der Waals surface area (Å²) in [6.45, 7) is 7.09. The molecule has 0 unspecified atom stereocenters. The van der Waals surface area contributed by atoms with Crippen LogP contribution in [0.2, 0.25) is 0 Å². The summed E-state index contributed by atoms with van der Waals surface area (Å²) in [5.74, 6) is 0.644. The summed E-state index contributed by atoms with van der Waals surface area (Å²) in [6.07, 6.45) is 0. The van der Waals surface area contributed by atoms with Crippen molar-refractivity contribution in [3.05, 3.63) is 59.9 Å². The predicted molar refractivity (Wildman–Crippen MR) is 99.9 cm³/mol. The standard InChI is InChI=1S/C20H20N4/c1-4-24-18-8-6-5-7-16(18)17-10-9-15(12-19(17)24)23-20-21-13(2)11-14(3)22-20/h5-12H,4H2,1-3H3,(H,21,22,23). The van der Waals surface area contributed by atoms with Crippen LogP contribution in [-0.4, -0.2) is 14.5 Å². The fourth-order valence-electron chi connectivity index (χ4n) is 3.38. The number of anilines is 2. The molecule has 0 aliphatic rings. The lowest BCUT2D eigenvalue weighted by atomic mass is 10.1. The van der Waals surface area contributed by atoms with Crippen molar-refractivity contribution in [1.29, 1.82) is 0 Å². The Balaban J connectivity index is 1.84. The summed E-state index contributed by atoms with van der Waals surface area (Å²) >= 11 is 0. The quantitative estimate of drug-likeness (QED) is 0.580. The maximum Gasteiger partial charge on any atom is 0.227 e. The maximum atomic E-state index is 4.47. The fourth-order valence-corrected chi connectivity index (χ4v) is 3.38. The van der Waals surface area contributed by atoms with Gasteiger partial charge in [0.25, 0.3) is 0 Å². The molecular formula is C20H20N4. The Morgan fingerprint density at radius 1 is 0.875 bits per heavy atom. The monoisotopic (exact) mass is 316 g/mol. The third kappa shape index (κ3) is 2.40. The zero-order valence-corrected chi connectivity index (χ0v) is 14.2. The normalized spacial score (nSPS) is 11.3. The number of rotatable bonds is 3. The van der Waals surface area contributed by atoms with Gasteiger partial charge in [-0.3, -0.25) is 0 Å². The van der Waals surface area contributed by atoms with Gasteiger partial charge in [0.15, 0.2) is 0 Å². The van der Waals surface area contributed by atoms with Gasteiger partial charge in [-0.2, -0.15) is 0 Å². The van der Waals surface area contributed by atoms with Crippen molar-refractivity contribution in [3.63, 3.8) is 0 Å². The van der Waals surface area contributed by atoms with E-state index in [1.165, 1.54) is 21.8 Å². The summed E-state index contributed by atoms with van der Waals surface area (Å²) in [4.78, 5) is 8.93. The number of para-hydroxylation sites is 1. The highest BCUT2D eigenvalue weighted by atomic mass is 15.1. The van der Waals surface area contributed by atoms with Crippen LogP contribution in [0.5, 0.6) is 0 Å². The van der Waals surface area contributed by atoms with Gasteiger partial charge >= 0.3 is 0 Å². The van der Waals surface area contributed by atoms with E-state index in [1.54, 1.807) is 0 Å². The van der Waals surface area contributed by atoms with Crippen molar-refractivity contribution in [3.8, 4) is 0 Å². The van der Waals surface area contributed by atoms with Crippen molar-refractivity contribution in [2.75, 3.05) is 5.32 Å². The number of hydrogen-bond donors (Lipinski definition) is 1.